The molecule has 0 bridgehead atoms. The van der Waals surface area contributed by atoms with E-state index in [1.807, 2.05) is 0 Å². The zero-order valence-corrected chi connectivity index (χ0v) is 12.1. The van der Waals surface area contributed by atoms with E-state index in [9.17, 15) is 14.4 Å². The predicted octanol–water partition coefficient (Wildman–Crippen LogP) is 1.64. The molecule has 0 radical (unpaired) electrons. The number of rotatable bonds is 6. The van der Waals surface area contributed by atoms with Crippen molar-refractivity contribution in [3.8, 4) is 0 Å². The van der Waals surface area contributed by atoms with Gasteiger partial charge >= 0.3 is 5.97 Å². The molecule has 2 heterocycles. The van der Waals surface area contributed by atoms with Crippen molar-refractivity contribution in [2.75, 3.05) is 11.9 Å². The second-order valence-corrected chi connectivity index (χ2v) is 4.95. The van der Waals surface area contributed by atoms with Gasteiger partial charge in [0.2, 0.25) is 0 Å². The van der Waals surface area contributed by atoms with Gasteiger partial charge in [-0.15, -0.1) is 11.3 Å². The molecule has 22 heavy (non-hydrogen) atoms. The van der Waals surface area contributed by atoms with Crippen LogP contribution in [0.5, 0.6) is 0 Å². The fraction of sp³-hybridized carbons (Fsp3) is 0.0714. The summed E-state index contributed by atoms with van der Waals surface area (Å²) in [5.74, 6) is -1.40. The number of furan rings is 1. The lowest BCUT2D eigenvalue weighted by Gasteiger charge is -2.04. The summed E-state index contributed by atoms with van der Waals surface area (Å²) in [6.45, 7) is -0.475. The van der Waals surface area contributed by atoms with Crippen LogP contribution in [0.1, 0.15) is 16.1 Å². The molecule has 2 rings (SSSR count). The van der Waals surface area contributed by atoms with Crippen molar-refractivity contribution in [1.82, 2.24) is 0 Å². The van der Waals surface area contributed by atoms with E-state index in [2.05, 4.69) is 5.32 Å². The first-order valence-corrected chi connectivity index (χ1v) is 6.99. The van der Waals surface area contributed by atoms with E-state index in [0.717, 1.165) is 17.4 Å². The van der Waals surface area contributed by atoms with Gasteiger partial charge in [-0.05, 0) is 29.7 Å². The number of amides is 2. The molecule has 0 aromatic carbocycles. The molecule has 0 aliphatic rings. The Balaban J connectivity index is 1.81. The molecule has 0 aliphatic carbocycles. The normalized spacial score (nSPS) is 10.5. The molecule has 2 aromatic rings. The second kappa shape index (κ2) is 7.23. The van der Waals surface area contributed by atoms with Crippen LogP contribution >= 0.6 is 11.3 Å². The molecule has 3 N–H and O–H groups in total. The zero-order chi connectivity index (χ0) is 15.9. The van der Waals surface area contributed by atoms with Crippen LogP contribution in [-0.2, 0) is 14.3 Å². The van der Waals surface area contributed by atoms with Crippen molar-refractivity contribution >= 4 is 40.2 Å². The number of hydrogen-bond acceptors (Lipinski definition) is 6. The second-order valence-electron chi connectivity index (χ2n) is 4.03. The quantitative estimate of drug-likeness (QED) is 0.620. The number of nitrogens with two attached hydrogens (primary N) is 1. The van der Waals surface area contributed by atoms with Crippen LogP contribution in [0.2, 0.25) is 0 Å². The lowest BCUT2D eigenvalue weighted by atomic mass is 10.3. The van der Waals surface area contributed by atoms with Crippen LogP contribution in [-0.4, -0.2) is 24.4 Å². The van der Waals surface area contributed by atoms with E-state index in [-0.39, 0.29) is 5.56 Å². The van der Waals surface area contributed by atoms with Gasteiger partial charge in [0.25, 0.3) is 11.8 Å². The van der Waals surface area contributed by atoms with Crippen LogP contribution in [0.3, 0.4) is 0 Å². The van der Waals surface area contributed by atoms with Crippen LogP contribution in [0.15, 0.2) is 40.3 Å². The predicted molar refractivity (Wildman–Crippen MR) is 80.2 cm³/mol. The van der Waals surface area contributed by atoms with Gasteiger partial charge in [0.1, 0.15) is 10.8 Å². The summed E-state index contributed by atoms with van der Waals surface area (Å²) in [5.41, 5.74) is 5.37. The van der Waals surface area contributed by atoms with E-state index in [1.54, 1.807) is 17.5 Å². The fourth-order valence-electron chi connectivity index (χ4n) is 1.48. The van der Waals surface area contributed by atoms with Crippen LogP contribution in [0.4, 0.5) is 5.00 Å². The molecule has 114 valence electrons. The Kier molecular flexibility index (Phi) is 5.10. The summed E-state index contributed by atoms with van der Waals surface area (Å²) in [6, 6.07) is 4.84. The Hall–Kier alpha value is -2.87. The van der Waals surface area contributed by atoms with Gasteiger partial charge < -0.3 is 20.2 Å². The van der Waals surface area contributed by atoms with E-state index >= 15 is 0 Å². The molecule has 2 amide bonds. The number of carbonyl (C=O) groups is 3. The molecule has 7 nitrogen and oxygen atoms in total. The first-order chi connectivity index (χ1) is 10.6. The smallest absolute Gasteiger partial charge is 0.331 e. The van der Waals surface area contributed by atoms with E-state index in [0.29, 0.717) is 10.8 Å². The van der Waals surface area contributed by atoms with Crippen molar-refractivity contribution in [2.24, 2.45) is 5.73 Å². The lowest BCUT2D eigenvalue weighted by molar-refractivity contribution is -0.142. The lowest BCUT2D eigenvalue weighted by Crippen LogP contribution is -2.21. The number of esters is 1. The first-order valence-electron chi connectivity index (χ1n) is 6.12. The summed E-state index contributed by atoms with van der Waals surface area (Å²) >= 11 is 1.15. The van der Waals surface area contributed by atoms with Crippen molar-refractivity contribution < 1.29 is 23.5 Å². The Morgan fingerprint density at radius 3 is 2.86 bits per heavy atom. The fourth-order valence-corrected chi connectivity index (χ4v) is 2.29. The highest BCUT2D eigenvalue weighted by Crippen LogP contribution is 2.22. The summed E-state index contributed by atoms with van der Waals surface area (Å²) in [4.78, 5) is 34.2. The standard InChI is InChI=1S/C14H12N2O5S/c15-13(19)10-5-7-22-14(10)16-11(17)8-21-12(18)4-3-9-2-1-6-20-9/h1-7H,8H2,(H2,15,19)(H,16,17)/b4-3+. The summed E-state index contributed by atoms with van der Waals surface area (Å²) in [6.07, 6.45) is 4.03. The molecule has 2 aromatic heterocycles. The van der Waals surface area contributed by atoms with Gasteiger partial charge in [-0.1, -0.05) is 0 Å². The third kappa shape index (κ3) is 4.32. The number of hydrogen-bond donors (Lipinski definition) is 2. The Bertz CT molecular complexity index is 703. The third-order valence-corrected chi connectivity index (χ3v) is 3.29. The van der Waals surface area contributed by atoms with Crippen LogP contribution < -0.4 is 11.1 Å². The SMILES string of the molecule is NC(=O)c1ccsc1NC(=O)COC(=O)/C=C/c1ccco1. The Labute approximate surface area is 129 Å². The molecular weight excluding hydrogens is 308 g/mol. The topological polar surface area (TPSA) is 112 Å². The van der Waals surface area contributed by atoms with Gasteiger partial charge in [-0.2, -0.15) is 0 Å². The number of ether oxygens (including phenoxy) is 1. The molecule has 0 unspecified atom stereocenters. The summed E-state index contributed by atoms with van der Waals surface area (Å²) in [5, 5.41) is 4.39. The molecule has 0 spiro atoms. The zero-order valence-electron chi connectivity index (χ0n) is 11.3. The van der Waals surface area contributed by atoms with Gasteiger partial charge in [0.05, 0.1) is 11.8 Å². The molecule has 0 aliphatic heterocycles. The maximum atomic E-state index is 11.6. The Morgan fingerprint density at radius 2 is 2.18 bits per heavy atom. The molecule has 0 atom stereocenters. The number of primary amides is 1. The molecule has 0 saturated carbocycles. The van der Waals surface area contributed by atoms with Crippen molar-refractivity contribution in [3.05, 3.63) is 47.2 Å². The number of anilines is 1. The monoisotopic (exact) mass is 320 g/mol. The van der Waals surface area contributed by atoms with Crippen molar-refractivity contribution in [2.45, 2.75) is 0 Å². The minimum absolute atomic E-state index is 0.211. The highest BCUT2D eigenvalue weighted by Gasteiger charge is 2.13. The van der Waals surface area contributed by atoms with Crippen LogP contribution in [0, 0.1) is 0 Å². The maximum absolute atomic E-state index is 11.6. The summed E-state index contributed by atoms with van der Waals surface area (Å²) in [7, 11) is 0. The van der Waals surface area contributed by atoms with Gasteiger partial charge in [0, 0.05) is 6.08 Å². The molecular formula is C14H12N2O5S. The van der Waals surface area contributed by atoms with Gasteiger partial charge in [-0.25, -0.2) is 4.79 Å². The minimum atomic E-state index is -0.687. The van der Waals surface area contributed by atoms with Crippen LogP contribution in [0.25, 0.3) is 6.08 Å². The largest absolute Gasteiger partial charge is 0.465 e. The van der Waals surface area contributed by atoms with Gasteiger partial charge in [-0.3, -0.25) is 9.59 Å². The average molecular weight is 320 g/mol. The molecule has 0 saturated heterocycles. The maximum Gasteiger partial charge on any atom is 0.331 e. The average Bonchev–Trinajstić information content (AvgIpc) is 3.14. The molecule has 0 fully saturated rings. The molecule has 8 heteroatoms. The number of thiophene rings is 1. The van der Waals surface area contributed by atoms with Crippen molar-refractivity contribution in [1.29, 1.82) is 0 Å². The first kappa shape index (κ1) is 15.5. The minimum Gasteiger partial charge on any atom is -0.465 e. The van der Waals surface area contributed by atoms with E-state index in [4.69, 9.17) is 14.9 Å². The Morgan fingerprint density at radius 1 is 1.36 bits per heavy atom. The highest BCUT2D eigenvalue weighted by molar-refractivity contribution is 7.14. The van der Waals surface area contributed by atoms with E-state index < -0.39 is 24.4 Å². The number of nitrogens with one attached hydrogen (secondary N) is 1. The highest BCUT2D eigenvalue weighted by atomic mass is 32.1. The third-order valence-electron chi connectivity index (χ3n) is 2.46. The summed E-state index contributed by atoms with van der Waals surface area (Å²) < 4.78 is 9.76. The van der Waals surface area contributed by atoms with Gasteiger partial charge in [0.15, 0.2) is 6.61 Å². The van der Waals surface area contributed by atoms with Crippen molar-refractivity contribution in [3.63, 3.8) is 0 Å². The number of carbonyl (C=O) groups excluding carboxylic acids is 3. The van der Waals surface area contributed by atoms with E-state index in [1.165, 1.54) is 18.4 Å².